The second kappa shape index (κ2) is 7.82. The lowest BCUT2D eigenvalue weighted by atomic mass is 10.1. The van der Waals surface area contributed by atoms with E-state index in [0.29, 0.717) is 11.6 Å². The molecular formula is C21H20N4O2S. The summed E-state index contributed by atoms with van der Waals surface area (Å²) < 4.78 is 7.31. The normalized spacial score (nSPS) is 10.9. The maximum atomic E-state index is 12.3. The number of carbonyl (C=O) groups excluding carboxylic acids is 1. The smallest absolute Gasteiger partial charge is 0.230 e. The Kier molecular flexibility index (Phi) is 5.08. The van der Waals surface area contributed by atoms with Crippen molar-refractivity contribution in [3.8, 4) is 5.75 Å². The van der Waals surface area contributed by atoms with Crippen molar-refractivity contribution in [1.29, 1.82) is 0 Å². The Morgan fingerprint density at radius 3 is 2.89 bits per heavy atom. The molecule has 2 aromatic carbocycles. The number of nitrogens with one attached hydrogen (secondary N) is 1. The molecule has 0 aliphatic rings. The number of fused-ring (bicyclic) bond motifs is 1. The zero-order chi connectivity index (χ0) is 19.5. The Bertz CT molecular complexity index is 1130. The van der Waals surface area contributed by atoms with E-state index < -0.39 is 0 Å². The van der Waals surface area contributed by atoms with Gasteiger partial charge >= 0.3 is 0 Å². The second-order valence-electron chi connectivity index (χ2n) is 6.54. The van der Waals surface area contributed by atoms with Crippen molar-refractivity contribution >= 4 is 33.3 Å². The van der Waals surface area contributed by atoms with Gasteiger partial charge < -0.3 is 14.6 Å². The number of hydrogen-bond donors (Lipinski definition) is 1. The Morgan fingerprint density at radius 2 is 2.04 bits per heavy atom. The van der Waals surface area contributed by atoms with Crippen LogP contribution in [-0.2, 0) is 24.7 Å². The van der Waals surface area contributed by atoms with Gasteiger partial charge in [-0.25, -0.2) is 0 Å². The summed E-state index contributed by atoms with van der Waals surface area (Å²) in [5, 5.41) is 13.8. The van der Waals surface area contributed by atoms with E-state index in [-0.39, 0.29) is 12.3 Å². The molecule has 0 aliphatic heterocycles. The Balaban J connectivity index is 1.43. The highest BCUT2D eigenvalue weighted by atomic mass is 32.1. The van der Waals surface area contributed by atoms with E-state index in [9.17, 15) is 4.79 Å². The van der Waals surface area contributed by atoms with Crippen LogP contribution in [0.25, 0.3) is 10.9 Å². The molecule has 2 aromatic heterocycles. The van der Waals surface area contributed by atoms with Crippen molar-refractivity contribution in [3.05, 3.63) is 70.9 Å². The lowest BCUT2D eigenvalue weighted by molar-refractivity contribution is -0.115. The molecule has 4 rings (SSSR count). The molecule has 0 aliphatic carbocycles. The number of benzene rings is 2. The second-order valence-corrected chi connectivity index (χ2v) is 7.60. The summed E-state index contributed by atoms with van der Waals surface area (Å²) in [6.07, 6.45) is 3.06. The van der Waals surface area contributed by atoms with Crippen LogP contribution in [0.4, 0.5) is 5.13 Å². The third kappa shape index (κ3) is 3.89. The van der Waals surface area contributed by atoms with E-state index in [1.165, 1.54) is 27.8 Å². The van der Waals surface area contributed by atoms with Gasteiger partial charge in [-0.3, -0.25) is 4.79 Å². The van der Waals surface area contributed by atoms with Crippen LogP contribution in [0.15, 0.2) is 54.7 Å². The Hall–Kier alpha value is -3.19. The summed E-state index contributed by atoms with van der Waals surface area (Å²) in [4.78, 5) is 12.3. The van der Waals surface area contributed by atoms with E-state index in [0.717, 1.165) is 16.3 Å². The summed E-state index contributed by atoms with van der Waals surface area (Å²) >= 11 is 1.40. The van der Waals surface area contributed by atoms with Gasteiger partial charge in [-0.05, 0) is 29.3 Å². The van der Waals surface area contributed by atoms with Gasteiger partial charge in [-0.15, -0.1) is 10.2 Å². The molecule has 0 fully saturated rings. The molecule has 28 heavy (non-hydrogen) atoms. The van der Waals surface area contributed by atoms with Crippen LogP contribution < -0.4 is 10.1 Å². The van der Waals surface area contributed by atoms with Crippen molar-refractivity contribution in [2.45, 2.75) is 12.8 Å². The van der Waals surface area contributed by atoms with Gasteiger partial charge in [-0.1, -0.05) is 41.7 Å². The number of para-hydroxylation sites is 1. The number of carbonyl (C=O) groups is 1. The highest BCUT2D eigenvalue weighted by Crippen LogP contribution is 2.25. The first-order valence-electron chi connectivity index (χ1n) is 8.90. The first-order valence-corrected chi connectivity index (χ1v) is 9.72. The quantitative estimate of drug-likeness (QED) is 0.542. The number of amides is 1. The number of anilines is 1. The summed E-state index contributed by atoms with van der Waals surface area (Å²) in [7, 11) is 3.65. The van der Waals surface area contributed by atoms with Crippen LogP contribution in [-0.4, -0.2) is 27.8 Å². The molecule has 0 atom stereocenters. The molecule has 0 radical (unpaired) electrons. The molecule has 142 valence electrons. The van der Waals surface area contributed by atoms with Crippen LogP contribution >= 0.6 is 11.3 Å². The number of aromatic nitrogens is 3. The number of rotatable bonds is 6. The zero-order valence-electron chi connectivity index (χ0n) is 15.7. The maximum absolute atomic E-state index is 12.3. The van der Waals surface area contributed by atoms with Crippen molar-refractivity contribution in [3.63, 3.8) is 0 Å². The highest BCUT2D eigenvalue weighted by Gasteiger charge is 2.12. The van der Waals surface area contributed by atoms with Gasteiger partial charge in [0, 0.05) is 30.6 Å². The van der Waals surface area contributed by atoms with Crippen molar-refractivity contribution < 1.29 is 9.53 Å². The molecule has 7 heteroatoms. The number of hydrogen-bond acceptors (Lipinski definition) is 5. The first kappa shape index (κ1) is 18.2. The van der Waals surface area contributed by atoms with E-state index in [1.54, 1.807) is 7.11 Å². The summed E-state index contributed by atoms with van der Waals surface area (Å²) in [6.45, 7) is 0. The minimum absolute atomic E-state index is 0.124. The predicted octanol–water partition coefficient (Wildman–Crippen LogP) is 3.81. The molecular weight excluding hydrogens is 372 g/mol. The molecule has 2 heterocycles. The third-order valence-electron chi connectivity index (χ3n) is 4.53. The lowest BCUT2D eigenvalue weighted by Gasteiger charge is -2.04. The number of ether oxygens (including phenoxy) is 1. The molecule has 0 bridgehead atoms. The largest absolute Gasteiger partial charge is 0.497 e. The van der Waals surface area contributed by atoms with E-state index in [1.807, 2.05) is 43.4 Å². The number of nitrogens with zero attached hydrogens (tertiary/aromatic N) is 3. The minimum Gasteiger partial charge on any atom is -0.497 e. The monoisotopic (exact) mass is 392 g/mol. The van der Waals surface area contributed by atoms with Crippen LogP contribution in [0.5, 0.6) is 5.75 Å². The highest BCUT2D eigenvalue weighted by molar-refractivity contribution is 7.15. The van der Waals surface area contributed by atoms with E-state index >= 15 is 0 Å². The van der Waals surface area contributed by atoms with Crippen LogP contribution in [0.3, 0.4) is 0 Å². The fourth-order valence-electron chi connectivity index (χ4n) is 3.24. The van der Waals surface area contributed by atoms with Gasteiger partial charge in [0.2, 0.25) is 11.0 Å². The molecule has 4 aromatic rings. The zero-order valence-corrected chi connectivity index (χ0v) is 16.5. The SMILES string of the molecule is COc1cccc(CC(=O)Nc2nnc(Cc3cn(C)c4ccccc34)s2)c1. The minimum atomic E-state index is -0.124. The summed E-state index contributed by atoms with van der Waals surface area (Å²) in [5.41, 5.74) is 3.27. The summed E-state index contributed by atoms with van der Waals surface area (Å²) in [5.74, 6) is 0.611. The van der Waals surface area contributed by atoms with Crippen LogP contribution in [0, 0.1) is 0 Å². The average Bonchev–Trinajstić information content (AvgIpc) is 3.26. The standard InChI is InChI=1S/C21H20N4O2S/c1-25-13-15(17-8-3-4-9-18(17)25)12-20-23-24-21(28-20)22-19(26)11-14-6-5-7-16(10-14)27-2/h3-10,13H,11-12H2,1-2H3,(H,22,24,26). The Labute approximate surface area is 166 Å². The molecule has 0 spiro atoms. The molecule has 0 unspecified atom stereocenters. The molecule has 1 N–H and O–H groups in total. The molecule has 1 amide bonds. The van der Waals surface area contributed by atoms with Crippen molar-refractivity contribution in [2.24, 2.45) is 7.05 Å². The van der Waals surface area contributed by atoms with Crippen molar-refractivity contribution in [2.75, 3.05) is 12.4 Å². The maximum Gasteiger partial charge on any atom is 0.230 e. The van der Waals surface area contributed by atoms with Gasteiger partial charge in [0.05, 0.1) is 13.5 Å². The first-order chi connectivity index (χ1) is 13.6. The average molecular weight is 392 g/mol. The van der Waals surface area contributed by atoms with Gasteiger partial charge in [0.1, 0.15) is 10.8 Å². The molecule has 0 saturated heterocycles. The predicted molar refractivity (Wildman–Crippen MR) is 111 cm³/mol. The fraction of sp³-hybridized carbons (Fsp3) is 0.190. The molecule has 6 nitrogen and oxygen atoms in total. The van der Waals surface area contributed by atoms with E-state index in [2.05, 4.69) is 38.4 Å². The Morgan fingerprint density at radius 1 is 1.18 bits per heavy atom. The number of methoxy groups -OCH3 is 1. The van der Waals surface area contributed by atoms with Crippen molar-refractivity contribution in [1.82, 2.24) is 14.8 Å². The van der Waals surface area contributed by atoms with Gasteiger partial charge in [0.25, 0.3) is 0 Å². The number of aryl methyl sites for hydroxylation is 1. The summed E-state index contributed by atoms with van der Waals surface area (Å²) in [6, 6.07) is 15.8. The molecule has 0 saturated carbocycles. The topological polar surface area (TPSA) is 69.0 Å². The third-order valence-corrected chi connectivity index (χ3v) is 5.37. The van der Waals surface area contributed by atoms with Crippen LogP contribution in [0.2, 0.25) is 0 Å². The fourth-order valence-corrected chi connectivity index (χ4v) is 4.02. The van der Waals surface area contributed by atoms with Gasteiger partial charge in [-0.2, -0.15) is 0 Å². The van der Waals surface area contributed by atoms with Crippen LogP contribution in [0.1, 0.15) is 16.1 Å². The van der Waals surface area contributed by atoms with Gasteiger partial charge in [0.15, 0.2) is 0 Å². The van der Waals surface area contributed by atoms with E-state index in [4.69, 9.17) is 4.74 Å². The lowest BCUT2D eigenvalue weighted by Crippen LogP contribution is -2.14.